The van der Waals surface area contributed by atoms with Gasteiger partial charge >= 0.3 is 0 Å². The first-order valence-electron chi connectivity index (χ1n) is 7.76. The maximum absolute atomic E-state index is 3.85. The van der Waals surface area contributed by atoms with E-state index in [1.807, 2.05) is 4.57 Å². The van der Waals surface area contributed by atoms with Gasteiger partial charge in [0.1, 0.15) is 12.7 Å². The van der Waals surface area contributed by atoms with Crippen LogP contribution in [0.3, 0.4) is 0 Å². The van der Waals surface area contributed by atoms with Crippen molar-refractivity contribution < 1.29 is 0 Å². The van der Waals surface area contributed by atoms with Gasteiger partial charge in [-0.15, -0.1) is 10.2 Å². The molecule has 112 valence electrons. The average molecular weight is 285 g/mol. The van der Waals surface area contributed by atoms with Crippen LogP contribution in [0.1, 0.15) is 32.6 Å². The van der Waals surface area contributed by atoms with Gasteiger partial charge in [-0.05, 0) is 50.9 Å². The van der Waals surface area contributed by atoms with Crippen molar-refractivity contribution in [1.29, 1.82) is 0 Å². The van der Waals surface area contributed by atoms with Gasteiger partial charge in [0.05, 0.1) is 5.69 Å². The van der Waals surface area contributed by atoms with Gasteiger partial charge in [-0.2, -0.15) is 0 Å². The summed E-state index contributed by atoms with van der Waals surface area (Å²) in [5.74, 6) is 0. The predicted octanol–water partition coefficient (Wildman–Crippen LogP) is 2.60. The Bertz CT molecular complexity index is 546. The third-order valence-corrected chi connectivity index (χ3v) is 4.03. The van der Waals surface area contributed by atoms with Crippen molar-refractivity contribution in [1.82, 2.24) is 20.1 Å². The van der Waals surface area contributed by atoms with E-state index in [1.54, 1.807) is 12.7 Å². The van der Waals surface area contributed by atoms with Crippen molar-refractivity contribution in [2.75, 3.05) is 11.9 Å². The molecule has 5 heteroatoms. The van der Waals surface area contributed by atoms with Crippen LogP contribution in [0.15, 0.2) is 36.9 Å². The van der Waals surface area contributed by atoms with Crippen LogP contribution >= 0.6 is 0 Å². The molecule has 5 nitrogen and oxygen atoms in total. The first kappa shape index (κ1) is 14.1. The smallest absolute Gasteiger partial charge is 0.123 e. The average Bonchev–Trinajstić information content (AvgIpc) is 3.02. The van der Waals surface area contributed by atoms with Gasteiger partial charge in [0.25, 0.3) is 0 Å². The fraction of sp³-hybridized carbons (Fsp3) is 0.500. The first-order valence-corrected chi connectivity index (χ1v) is 7.76. The second kappa shape index (κ2) is 6.72. The molecule has 0 bridgehead atoms. The first-order chi connectivity index (χ1) is 10.3. The zero-order valence-corrected chi connectivity index (χ0v) is 12.5. The second-order valence-electron chi connectivity index (χ2n) is 5.85. The Morgan fingerprint density at radius 2 is 2.19 bits per heavy atom. The van der Waals surface area contributed by atoms with Gasteiger partial charge in [0, 0.05) is 17.8 Å². The molecule has 2 N–H and O–H groups in total. The summed E-state index contributed by atoms with van der Waals surface area (Å²) in [6.07, 6.45) is 8.57. The van der Waals surface area contributed by atoms with Gasteiger partial charge in [-0.1, -0.05) is 12.5 Å². The van der Waals surface area contributed by atoms with Gasteiger partial charge in [0.2, 0.25) is 0 Å². The summed E-state index contributed by atoms with van der Waals surface area (Å²) in [5.41, 5.74) is 2.22. The van der Waals surface area contributed by atoms with Crippen molar-refractivity contribution in [3.05, 3.63) is 36.9 Å². The molecular weight excluding hydrogens is 262 g/mol. The quantitative estimate of drug-likeness (QED) is 0.886. The van der Waals surface area contributed by atoms with Crippen LogP contribution in [-0.2, 0) is 0 Å². The van der Waals surface area contributed by atoms with E-state index >= 15 is 0 Å². The number of rotatable bonds is 5. The van der Waals surface area contributed by atoms with E-state index in [9.17, 15) is 0 Å². The standard InChI is InChI=1S/C16H23N5/c1-13(9-14-5-2-3-8-17-14)20-15-6-4-7-16(10-15)21-11-18-19-12-21/h4,6-7,10-14,17,20H,2-3,5,8-9H2,1H3. The number of nitrogens with zero attached hydrogens (tertiary/aromatic N) is 3. The Morgan fingerprint density at radius 3 is 2.95 bits per heavy atom. The summed E-state index contributed by atoms with van der Waals surface area (Å²) in [4.78, 5) is 0. The lowest BCUT2D eigenvalue weighted by Crippen LogP contribution is -2.37. The molecule has 3 rings (SSSR count). The lowest BCUT2D eigenvalue weighted by Gasteiger charge is -2.27. The minimum Gasteiger partial charge on any atom is -0.382 e. The molecule has 0 radical (unpaired) electrons. The van der Waals surface area contributed by atoms with Crippen LogP contribution in [0.4, 0.5) is 5.69 Å². The van der Waals surface area contributed by atoms with Gasteiger partial charge in [-0.25, -0.2) is 0 Å². The molecule has 0 spiro atoms. The number of hydrogen-bond donors (Lipinski definition) is 2. The van der Waals surface area contributed by atoms with Crippen molar-refractivity contribution >= 4 is 5.69 Å². The molecule has 1 aromatic heterocycles. The van der Waals surface area contributed by atoms with Crippen molar-refractivity contribution in [2.24, 2.45) is 0 Å². The molecule has 1 aliphatic heterocycles. The van der Waals surface area contributed by atoms with Gasteiger partial charge in [-0.3, -0.25) is 4.57 Å². The molecule has 2 heterocycles. The molecular formula is C16H23N5. The summed E-state index contributed by atoms with van der Waals surface area (Å²) in [6, 6.07) is 9.47. The van der Waals surface area contributed by atoms with Crippen LogP contribution in [0.2, 0.25) is 0 Å². The Morgan fingerprint density at radius 1 is 1.33 bits per heavy atom. The Hall–Kier alpha value is -1.88. The number of piperidine rings is 1. The highest BCUT2D eigenvalue weighted by Gasteiger charge is 2.15. The van der Waals surface area contributed by atoms with Gasteiger partial charge < -0.3 is 10.6 Å². The maximum atomic E-state index is 3.85. The number of anilines is 1. The third kappa shape index (κ3) is 3.82. The molecule has 1 fully saturated rings. The highest BCUT2D eigenvalue weighted by molar-refractivity contribution is 5.51. The zero-order chi connectivity index (χ0) is 14.5. The molecule has 1 saturated heterocycles. The second-order valence-corrected chi connectivity index (χ2v) is 5.85. The van der Waals surface area contributed by atoms with Gasteiger partial charge in [0.15, 0.2) is 0 Å². The van der Waals surface area contributed by atoms with Crippen LogP contribution in [0.25, 0.3) is 5.69 Å². The summed E-state index contributed by atoms with van der Waals surface area (Å²) in [5, 5.41) is 14.9. The zero-order valence-electron chi connectivity index (χ0n) is 12.5. The number of hydrogen-bond acceptors (Lipinski definition) is 4. The maximum Gasteiger partial charge on any atom is 0.123 e. The van der Waals surface area contributed by atoms with E-state index in [2.05, 4.69) is 52.0 Å². The minimum atomic E-state index is 0.455. The fourth-order valence-corrected chi connectivity index (χ4v) is 2.99. The third-order valence-electron chi connectivity index (χ3n) is 4.03. The van der Waals surface area contributed by atoms with E-state index in [-0.39, 0.29) is 0 Å². The highest BCUT2D eigenvalue weighted by Crippen LogP contribution is 2.18. The van der Waals surface area contributed by atoms with Crippen molar-refractivity contribution in [3.8, 4) is 5.69 Å². The lowest BCUT2D eigenvalue weighted by atomic mass is 9.98. The Balaban J connectivity index is 1.60. The normalized spacial score (nSPS) is 20.1. The summed E-state index contributed by atoms with van der Waals surface area (Å²) >= 11 is 0. The molecule has 0 aliphatic carbocycles. The lowest BCUT2D eigenvalue weighted by molar-refractivity contribution is 0.371. The van der Waals surface area contributed by atoms with E-state index < -0.39 is 0 Å². The van der Waals surface area contributed by atoms with Crippen LogP contribution in [0.5, 0.6) is 0 Å². The largest absolute Gasteiger partial charge is 0.382 e. The van der Waals surface area contributed by atoms with E-state index in [1.165, 1.54) is 25.8 Å². The summed E-state index contributed by atoms with van der Waals surface area (Å²) in [6.45, 7) is 3.42. The number of nitrogens with one attached hydrogen (secondary N) is 2. The molecule has 21 heavy (non-hydrogen) atoms. The van der Waals surface area contributed by atoms with E-state index in [4.69, 9.17) is 0 Å². The van der Waals surface area contributed by atoms with E-state index in [0.717, 1.165) is 17.8 Å². The predicted molar refractivity (Wildman–Crippen MR) is 84.7 cm³/mol. The van der Waals surface area contributed by atoms with Crippen LogP contribution in [0, 0.1) is 0 Å². The van der Waals surface area contributed by atoms with E-state index in [0.29, 0.717) is 12.1 Å². The number of benzene rings is 1. The van der Waals surface area contributed by atoms with Crippen molar-refractivity contribution in [2.45, 2.75) is 44.7 Å². The molecule has 0 saturated carbocycles. The van der Waals surface area contributed by atoms with Crippen LogP contribution in [-0.4, -0.2) is 33.4 Å². The molecule has 2 atom stereocenters. The SMILES string of the molecule is CC(CC1CCCCN1)Nc1cccc(-n2cnnc2)c1. The topological polar surface area (TPSA) is 54.8 Å². The molecule has 2 unspecified atom stereocenters. The fourth-order valence-electron chi connectivity index (χ4n) is 2.99. The molecule has 2 aromatic rings. The van der Waals surface area contributed by atoms with Crippen molar-refractivity contribution in [3.63, 3.8) is 0 Å². The minimum absolute atomic E-state index is 0.455. The monoisotopic (exact) mass is 285 g/mol. The highest BCUT2D eigenvalue weighted by atomic mass is 15.2. The summed E-state index contributed by atoms with van der Waals surface area (Å²) in [7, 11) is 0. The summed E-state index contributed by atoms with van der Waals surface area (Å²) < 4.78 is 1.92. The molecule has 1 aliphatic rings. The van der Waals surface area contributed by atoms with Crippen LogP contribution < -0.4 is 10.6 Å². The Kier molecular flexibility index (Phi) is 4.50. The Labute approximate surface area is 125 Å². The molecule has 1 aromatic carbocycles. The molecule has 0 amide bonds. The number of aromatic nitrogens is 3.